The first kappa shape index (κ1) is 20.5. The normalized spacial score (nSPS) is 18.8. The molecule has 2 aromatic carbocycles. The summed E-state index contributed by atoms with van der Waals surface area (Å²) in [5.41, 5.74) is 3.90. The molecule has 1 saturated heterocycles. The lowest BCUT2D eigenvalue weighted by atomic mass is 10.0. The largest absolute Gasteiger partial charge is 0.480 e. The minimum absolute atomic E-state index is 0.0990. The Morgan fingerprint density at radius 3 is 2.97 bits per heavy atom. The minimum Gasteiger partial charge on any atom is -0.480 e. The van der Waals surface area contributed by atoms with E-state index in [1.807, 2.05) is 31.3 Å². The van der Waals surface area contributed by atoms with E-state index in [4.69, 9.17) is 9.47 Å². The highest BCUT2D eigenvalue weighted by Crippen LogP contribution is 2.33. The zero-order valence-electron chi connectivity index (χ0n) is 18.5. The standard InChI is InChI=1S/C25H22FN5O3/c1-30-25-19(14-27-30)15-2-5-20-18(13-15)21(29-28-20)6-3-16-12-17(26)4-7-22(16)34-23-8-9-31(24(23)32)10-11-33-25/h2-7,12-14,23H,8-11H2,1H3,(H,28,29)/b6-3+/t23-/m1/s1. The second kappa shape index (κ2) is 8.02. The lowest BCUT2D eigenvalue weighted by Crippen LogP contribution is -2.35. The molecule has 4 heterocycles. The van der Waals surface area contributed by atoms with Crippen molar-refractivity contribution in [2.45, 2.75) is 12.5 Å². The fourth-order valence-electron chi connectivity index (χ4n) is 4.50. The predicted molar refractivity (Wildman–Crippen MR) is 125 cm³/mol. The number of rotatable bonds is 0. The number of aromatic nitrogens is 4. The summed E-state index contributed by atoms with van der Waals surface area (Å²) in [5, 5.41) is 12.7. The van der Waals surface area contributed by atoms with Gasteiger partial charge in [-0.3, -0.25) is 9.89 Å². The summed E-state index contributed by atoms with van der Waals surface area (Å²) in [7, 11) is 1.83. The van der Waals surface area contributed by atoms with Crippen LogP contribution < -0.4 is 9.47 Å². The van der Waals surface area contributed by atoms with Gasteiger partial charge in [0.25, 0.3) is 5.91 Å². The summed E-state index contributed by atoms with van der Waals surface area (Å²) in [6.07, 6.45) is 5.28. The molecular formula is C25H22FN5O3. The van der Waals surface area contributed by atoms with Crippen LogP contribution in [0.4, 0.5) is 4.39 Å². The van der Waals surface area contributed by atoms with Gasteiger partial charge < -0.3 is 14.4 Å². The summed E-state index contributed by atoms with van der Waals surface area (Å²) in [5.74, 6) is 0.606. The number of hydrogen-bond acceptors (Lipinski definition) is 5. The first-order chi connectivity index (χ1) is 16.6. The molecule has 1 fully saturated rings. The van der Waals surface area contributed by atoms with E-state index in [2.05, 4.69) is 15.3 Å². The van der Waals surface area contributed by atoms with E-state index in [9.17, 15) is 9.18 Å². The van der Waals surface area contributed by atoms with E-state index >= 15 is 0 Å². The van der Waals surface area contributed by atoms with Gasteiger partial charge in [-0.15, -0.1) is 0 Å². The average Bonchev–Trinajstić information content (AvgIpc) is 3.51. The number of aromatic amines is 1. The van der Waals surface area contributed by atoms with Crippen LogP contribution in [0.1, 0.15) is 17.7 Å². The van der Waals surface area contributed by atoms with Crippen molar-refractivity contribution in [2.24, 2.45) is 7.05 Å². The molecule has 9 heteroatoms. The number of H-pyrrole nitrogens is 1. The first-order valence-electron chi connectivity index (χ1n) is 11.1. The van der Waals surface area contributed by atoms with Crippen molar-refractivity contribution in [2.75, 3.05) is 19.7 Å². The molecule has 4 aromatic rings. The lowest BCUT2D eigenvalue weighted by Gasteiger charge is -2.18. The van der Waals surface area contributed by atoms with Crippen LogP contribution in [0.5, 0.6) is 11.6 Å². The van der Waals surface area contributed by atoms with E-state index < -0.39 is 6.10 Å². The number of aryl methyl sites for hydroxylation is 1. The van der Waals surface area contributed by atoms with Gasteiger partial charge in [-0.2, -0.15) is 10.2 Å². The van der Waals surface area contributed by atoms with Crippen molar-refractivity contribution < 1.29 is 18.7 Å². The summed E-state index contributed by atoms with van der Waals surface area (Å²) in [4.78, 5) is 14.7. The lowest BCUT2D eigenvalue weighted by molar-refractivity contribution is -0.133. The van der Waals surface area contributed by atoms with Gasteiger partial charge in [0.15, 0.2) is 6.10 Å². The Morgan fingerprint density at radius 2 is 2.06 bits per heavy atom. The molecular weight excluding hydrogens is 437 g/mol. The number of nitrogens with zero attached hydrogens (tertiary/aromatic N) is 4. The quantitative estimate of drug-likeness (QED) is 0.434. The summed E-state index contributed by atoms with van der Waals surface area (Å²) in [6, 6.07) is 10.3. The van der Waals surface area contributed by atoms with Crippen LogP contribution >= 0.6 is 0 Å². The second-order valence-electron chi connectivity index (χ2n) is 8.44. The number of carbonyl (C=O) groups is 1. The molecule has 8 nitrogen and oxygen atoms in total. The number of carbonyl (C=O) groups excluding carboxylic acids is 1. The topological polar surface area (TPSA) is 85.3 Å². The Bertz CT molecular complexity index is 1440. The highest BCUT2D eigenvalue weighted by molar-refractivity contribution is 5.93. The van der Waals surface area contributed by atoms with Gasteiger partial charge in [0.1, 0.15) is 18.2 Å². The minimum atomic E-state index is -0.618. The van der Waals surface area contributed by atoms with Gasteiger partial charge in [-0.25, -0.2) is 9.07 Å². The molecule has 0 spiro atoms. The van der Waals surface area contributed by atoms with Crippen LogP contribution in [-0.4, -0.2) is 56.6 Å². The maximum Gasteiger partial charge on any atom is 0.263 e. The number of benzene rings is 2. The Hall–Kier alpha value is -4.14. The third-order valence-electron chi connectivity index (χ3n) is 6.30. The summed E-state index contributed by atoms with van der Waals surface area (Å²) >= 11 is 0. The van der Waals surface area contributed by atoms with Crippen molar-refractivity contribution >= 4 is 29.0 Å². The van der Waals surface area contributed by atoms with E-state index in [1.54, 1.807) is 27.9 Å². The van der Waals surface area contributed by atoms with Gasteiger partial charge in [0, 0.05) is 31.0 Å². The highest BCUT2D eigenvalue weighted by atomic mass is 19.1. The Balaban J connectivity index is 1.49. The molecule has 4 bridgehead atoms. The van der Waals surface area contributed by atoms with Crippen LogP contribution in [0.15, 0.2) is 42.6 Å². The Labute approximate surface area is 194 Å². The predicted octanol–water partition coefficient (Wildman–Crippen LogP) is 3.65. The molecule has 6 rings (SSSR count). The Kier molecular flexibility index (Phi) is 4.83. The molecule has 2 aromatic heterocycles. The van der Waals surface area contributed by atoms with Crippen LogP contribution in [0.3, 0.4) is 0 Å². The van der Waals surface area contributed by atoms with Gasteiger partial charge in [-0.1, -0.05) is 6.07 Å². The smallest absolute Gasteiger partial charge is 0.263 e. The summed E-state index contributed by atoms with van der Waals surface area (Å²) in [6.45, 7) is 1.34. The summed E-state index contributed by atoms with van der Waals surface area (Å²) < 4.78 is 27.9. The number of hydrogen-bond donors (Lipinski definition) is 1. The third kappa shape index (κ3) is 3.49. The molecule has 1 N–H and O–H groups in total. The molecule has 0 radical (unpaired) electrons. The van der Waals surface area contributed by atoms with Crippen molar-refractivity contribution in [1.82, 2.24) is 24.9 Å². The zero-order valence-corrected chi connectivity index (χ0v) is 18.5. The zero-order chi connectivity index (χ0) is 23.2. The number of halogens is 1. The third-order valence-corrected chi connectivity index (χ3v) is 6.30. The fraction of sp³-hybridized carbons (Fsp3) is 0.240. The van der Waals surface area contributed by atoms with Crippen molar-refractivity contribution in [3.63, 3.8) is 0 Å². The molecule has 1 atom stereocenters. The van der Waals surface area contributed by atoms with Crippen LogP contribution in [0.2, 0.25) is 0 Å². The van der Waals surface area contributed by atoms with E-state index in [0.717, 1.165) is 22.0 Å². The molecule has 0 saturated carbocycles. The van der Waals surface area contributed by atoms with Gasteiger partial charge >= 0.3 is 0 Å². The fourth-order valence-corrected chi connectivity index (χ4v) is 4.50. The maximum absolute atomic E-state index is 14.1. The van der Waals surface area contributed by atoms with E-state index in [1.165, 1.54) is 12.1 Å². The number of nitrogens with one attached hydrogen (secondary N) is 1. The monoisotopic (exact) mass is 459 g/mol. The molecule has 0 unspecified atom stereocenters. The van der Waals surface area contributed by atoms with Gasteiger partial charge in [0.2, 0.25) is 5.88 Å². The van der Waals surface area contributed by atoms with Gasteiger partial charge in [-0.05, 0) is 48.0 Å². The van der Waals surface area contributed by atoms with Crippen LogP contribution in [-0.2, 0) is 11.8 Å². The number of ether oxygens (including phenoxy) is 2. The Morgan fingerprint density at radius 1 is 1.15 bits per heavy atom. The van der Waals surface area contributed by atoms with E-state index in [-0.39, 0.29) is 11.7 Å². The average molecular weight is 459 g/mol. The maximum atomic E-state index is 14.1. The molecule has 34 heavy (non-hydrogen) atoms. The van der Waals surface area contributed by atoms with Crippen molar-refractivity contribution in [3.05, 3.63) is 59.7 Å². The van der Waals surface area contributed by atoms with Crippen molar-refractivity contribution in [1.29, 1.82) is 0 Å². The van der Waals surface area contributed by atoms with Gasteiger partial charge in [0.05, 0.1) is 29.5 Å². The molecule has 2 aliphatic rings. The van der Waals surface area contributed by atoms with Crippen LogP contribution in [0, 0.1) is 5.82 Å². The van der Waals surface area contributed by atoms with Crippen LogP contribution in [0.25, 0.3) is 34.2 Å². The first-order valence-corrected chi connectivity index (χ1v) is 11.1. The highest BCUT2D eigenvalue weighted by Gasteiger charge is 2.33. The second-order valence-corrected chi connectivity index (χ2v) is 8.44. The van der Waals surface area contributed by atoms with E-state index in [0.29, 0.717) is 49.0 Å². The SMILES string of the molecule is Cn1ncc2c1OCCN1CC[C@@H](Oc3ccc(F)cc3/C=C/c3n[nH]c4ccc-2cc34)C1=O. The number of fused-ring (bicyclic) bond motifs is 6. The molecule has 0 aliphatic carbocycles. The molecule has 172 valence electrons. The molecule has 2 aliphatic heterocycles. The molecule has 1 amide bonds. The number of amides is 1. The van der Waals surface area contributed by atoms with Crippen molar-refractivity contribution in [3.8, 4) is 22.8 Å².